The van der Waals surface area contributed by atoms with Crippen LogP contribution in [0.25, 0.3) is 11.4 Å². The number of carbonyl (C=O) groups excluding carboxylic acids is 1. The van der Waals surface area contributed by atoms with Crippen molar-refractivity contribution in [2.45, 2.75) is 31.8 Å². The Labute approximate surface area is 168 Å². The van der Waals surface area contributed by atoms with Gasteiger partial charge in [-0.05, 0) is 42.7 Å². The second-order valence-electron chi connectivity index (χ2n) is 7.29. The molecule has 3 aromatic rings. The number of pyridine rings is 2. The van der Waals surface area contributed by atoms with Gasteiger partial charge < -0.3 is 14.5 Å². The van der Waals surface area contributed by atoms with Gasteiger partial charge in [0.15, 0.2) is 0 Å². The van der Waals surface area contributed by atoms with Gasteiger partial charge in [-0.25, -0.2) is 0 Å². The number of aromatic nitrogens is 4. The minimum absolute atomic E-state index is 0.0493. The maximum absolute atomic E-state index is 12.5. The highest BCUT2D eigenvalue weighted by molar-refractivity contribution is 5.76. The minimum atomic E-state index is -0.495. The zero-order valence-corrected chi connectivity index (χ0v) is 16.0. The average Bonchev–Trinajstić information content (AvgIpc) is 3.37. The van der Waals surface area contributed by atoms with E-state index in [1.54, 1.807) is 29.7 Å². The van der Waals surface area contributed by atoms with Crippen molar-refractivity contribution in [3.05, 3.63) is 60.5 Å². The molecule has 8 nitrogen and oxygen atoms in total. The van der Waals surface area contributed by atoms with Crippen molar-refractivity contribution in [1.29, 1.82) is 0 Å². The number of hydrogen-bond donors (Lipinski definition) is 1. The summed E-state index contributed by atoms with van der Waals surface area (Å²) in [6.07, 6.45) is 8.65. The monoisotopic (exact) mass is 393 g/mol. The maximum Gasteiger partial charge on any atom is 0.226 e. The van der Waals surface area contributed by atoms with Crippen molar-refractivity contribution in [3.63, 3.8) is 0 Å². The molecule has 1 aliphatic rings. The molecule has 3 aromatic heterocycles. The standard InChI is InChI=1S/C21H23N5O3/c27-18-14-26(13-17(18)11-15-6-9-22-10-7-15)20(28)5-1-4-19-24-21(25-29-19)16-3-2-8-23-12-16/h2-3,6-10,12,17-18,27H,1,4-5,11,13-14H2/t17-,18-/m1/s1. The van der Waals surface area contributed by atoms with Crippen LogP contribution in [0.5, 0.6) is 0 Å². The number of nitrogens with zero attached hydrogens (tertiary/aromatic N) is 5. The number of aliphatic hydroxyl groups excluding tert-OH is 1. The summed E-state index contributed by atoms with van der Waals surface area (Å²) in [7, 11) is 0. The highest BCUT2D eigenvalue weighted by Gasteiger charge is 2.33. The summed E-state index contributed by atoms with van der Waals surface area (Å²) in [5, 5.41) is 14.3. The van der Waals surface area contributed by atoms with Crippen LogP contribution >= 0.6 is 0 Å². The maximum atomic E-state index is 12.5. The highest BCUT2D eigenvalue weighted by Crippen LogP contribution is 2.22. The van der Waals surface area contributed by atoms with Crippen LogP contribution in [0.3, 0.4) is 0 Å². The molecule has 2 atom stereocenters. The molecule has 0 radical (unpaired) electrons. The molecule has 1 saturated heterocycles. The molecule has 0 saturated carbocycles. The Hall–Kier alpha value is -3.13. The fraction of sp³-hybridized carbons (Fsp3) is 0.381. The van der Waals surface area contributed by atoms with Crippen LogP contribution < -0.4 is 0 Å². The van der Waals surface area contributed by atoms with E-state index in [0.29, 0.717) is 44.1 Å². The Kier molecular flexibility index (Phi) is 5.90. The van der Waals surface area contributed by atoms with Gasteiger partial charge in [0.25, 0.3) is 0 Å². The number of aliphatic hydroxyl groups is 1. The van der Waals surface area contributed by atoms with Crippen LogP contribution in [0.1, 0.15) is 24.3 Å². The Balaban J connectivity index is 1.24. The molecule has 4 rings (SSSR count). The number of hydrogen-bond acceptors (Lipinski definition) is 7. The van der Waals surface area contributed by atoms with E-state index >= 15 is 0 Å². The summed E-state index contributed by atoms with van der Waals surface area (Å²) in [6.45, 7) is 0.967. The Morgan fingerprint density at radius 1 is 1.17 bits per heavy atom. The van der Waals surface area contributed by atoms with E-state index in [4.69, 9.17) is 4.52 Å². The zero-order chi connectivity index (χ0) is 20.1. The van der Waals surface area contributed by atoms with E-state index < -0.39 is 6.10 Å². The summed E-state index contributed by atoms with van der Waals surface area (Å²) in [6, 6.07) is 7.57. The Bertz CT molecular complexity index is 932. The summed E-state index contributed by atoms with van der Waals surface area (Å²) < 4.78 is 5.27. The first-order valence-corrected chi connectivity index (χ1v) is 9.77. The first kappa shape index (κ1) is 19.2. The summed E-state index contributed by atoms with van der Waals surface area (Å²) >= 11 is 0. The van der Waals surface area contributed by atoms with Gasteiger partial charge in [0.2, 0.25) is 17.6 Å². The SMILES string of the molecule is O=C(CCCc1nc(-c2cccnc2)no1)N1C[C@@H](Cc2ccncc2)[C@H](O)C1. The van der Waals surface area contributed by atoms with Gasteiger partial charge in [0, 0.05) is 62.2 Å². The van der Waals surface area contributed by atoms with E-state index in [1.165, 1.54) is 0 Å². The fourth-order valence-electron chi connectivity index (χ4n) is 3.60. The molecular formula is C21H23N5O3. The molecule has 0 aromatic carbocycles. The lowest BCUT2D eigenvalue weighted by Gasteiger charge is -2.16. The van der Waals surface area contributed by atoms with Crippen molar-refractivity contribution in [2.75, 3.05) is 13.1 Å². The smallest absolute Gasteiger partial charge is 0.226 e. The number of aryl methyl sites for hydroxylation is 1. The second kappa shape index (κ2) is 8.91. The van der Waals surface area contributed by atoms with E-state index in [9.17, 15) is 9.90 Å². The van der Waals surface area contributed by atoms with Gasteiger partial charge in [-0.1, -0.05) is 5.16 Å². The van der Waals surface area contributed by atoms with Crippen molar-refractivity contribution < 1.29 is 14.4 Å². The first-order chi connectivity index (χ1) is 14.2. The lowest BCUT2D eigenvalue weighted by Crippen LogP contribution is -2.29. The molecular weight excluding hydrogens is 370 g/mol. The van der Waals surface area contributed by atoms with Gasteiger partial charge in [0.05, 0.1) is 6.10 Å². The third kappa shape index (κ3) is 4.83. The molecule has 4 heterocycles. The molecule has 1 fully saturated rings. The van der Waals surface area contributed by atoms with Crippen molar-refractivity contribution in [2.24, 2.45) is 5.92 Å². The summed E-state index contributed by atoms with van der Waals surface area (Å²) in [4.78, 5) is 26.7. The van der Waals surface area contributed by atoms with Crippen molar-refractivity contribution in [1.82, 2.24) is 25.0 Å². The van der Waals surface area contributed by atoms with Gasteiger partial charge in [-0.3, -0.25) is 14.8 Å². The predicted octanol–water partition coefficient (Wildman–Crippen LogP) is 1.91. The van der Waals surface area contributed by atoms with E-state index in [0.717, 1.165) is 17.5 Å². The lowest BCUT2D eigenvalue weighted by atomic mass is 9.97. The van der Waals surface area contributed by atoms with Crippen LogP contribution in [0.2, 0.25) is 0 Å². The molecule has 0 aliphatic carbocycles. The number of amides is 1. The molecule has 1 amide bonds. The topological polar surface area (TPSA) is 105 Å². The average molecular weight is 393 g/mol. The van der Waals surface area contributed by atoms with Gasteiger partial charge in [-0.15, -0.1) is 0 Å². The number of rotatable bonds is 7. The third-order valence-electron chi connectivity index (χ3n) is 5.18. The van der Waals surface area contributed by atoms with Crippen LogP contribution in [-0.4, -0.2) is 55.2 Å². The number of likely N-dealkylation sites (tertiary alicyclic amines) is 1. The number of β-amino-alcohol motifs (C(OH)–C–C–N with tert-alkyl or cyclic N) is 1. The Morgan fingerprint density at radius 2 is 2.03 bits per heavy atom. The minimum Gasteiger partial charge on any atom is -0.391 e. The third-order valence-corrected chi connectivity index (χ3v) is 5.18. The molecule has 0 spiro atoms. The predicted molar refractivity (Wildman–Crippen MR) is 104 cm³/mol. The van der Waals surface area contributed by atoms with Gasteiger partial charge in [-0.2, -0.15) is 4.98 Å². The second-order valence-corrected chi connectivity index (χ2v) is 7.29. The summed E-state index contributed by atoms with van der Waals surface area (Å²) in [5.74, 6) is 1.11. The fourth-order valence-corrected chi connectivity index (χ4v) is 3.60. The van der Waals surface area contributed by atoms with E-state index in [1.807, 2.05) is 24.3 Å². The molecule has 0 bridgehead atoms. The Morgan fingerprint density at radius 3 is 2.83 bits per heavy atom. The van der Waals surface area contributed by atoms with E-state index in [-0.39, 0.29) is 11.8 Å². The van der Waals surface area contributed by atoms with E-state index in [2.05, 4.69) is 20.1 Å². The first-order valence-electron chi connectivity index (χ1n) is 9.77. The zero-order valence-electron chi connectivity index (χ0n) is 16.0. The van der Waals surface area contributed by atoms with Crippen molar-refractivity contribution in [3.8, 4) is 11.4 Å². The van der Waals surface area contributed by atoms with Crippen molar-refractivity contribution >= 4 is 5.91 Å². The van der Waals surface area contributed by atoms with Gasteiger partial charge >= 0.3 is 0 Å². The molecule has 1 N–H and O–H groups in total. The highest BCUT2D eigenvalue weighted by atomic mass is 16.5. The summed E-state index contributed by atoms with van der Waals surface area (Å²) in [5.41, 5.74) is 1.92. The van der Waals surface area contributed by atoms with Gasteiger partial charge in [0.1, 0.15) is 0 Å². The normalized spacial score (nSPS) is 18.9. The quantitative estimate of drug-likeness (QED) is 0.654. The molecule has 150 valence electrons. The van der Waals surface area contributed by atoms with Crippen LogP contribution in [0.4, 0.5) is 0 Å². The molecule has 1 aliphatic heterocycles. The van der Waals surface area contributed by atoms with Crippen LogP contribution in [0.15, 0.2) is 53.6 Å². The molecule has 29 heavy (non-hydrogen) atoms. The van der Waals surface area contributed by atoms with Crippen LogP contribution in [0, 0.1) is 5.92 Å². The van der Waals surface area contributed by atoms with Crippen LogP contribution in [-0.2, 0) is 17.6 Å². The lowest BCUT2D eigenvalue weighted by molar-refractivity contribution is -0.130. The molecule has 8 heteroatoms. The largest absolute Gasteiger partial charge is 0.391 e. The number of carbonyl (C=O) groups is 1. The molecule has 0 unspecified atom stereocenters.